The van der Waals surface area contributed by atoms with Crippen LogP contribution in [0, 0.1) is 0 Å². The first kappa shape index (κ1) is 16.3. The van der Waals surface area contributed by atoms with Crippen LogP contribution in [0.2, 0.25) is 0 Å². The average molecular weight is 352 g/mol. The molecule has 2 aliphatic heterocycles. The maximum atomic E-state index is 6.02. The summed E-state index contributed by atoms with van der Waals surface area (Å²) in [5.74, 6) is 0.961. The number of anilines is 2. The molecule has 0 radical (unpaired) electrons. The zero-order valence-electron chi connectivity index (χ0n) is 14.2. The lowest BCUT2D eigenvalue weighted by atomic mass is 10.3. The standard InChI is InChI=1S/C17H20N8O/c18-15-22-16(21-13-3-1-5-19-11-13)25(14-4-2-6-20-12-14)17(23-15)24-7-9-26-10-8-24/h1-6,11-12,16,21H,7-10H2,(H2,18,22). The maximum Gasteiger partial charge on any atom is 0.222 e. The van der Waals surface area contributed by atoms with Gasteiger partial charge in [0.1, 0.15) is 0 Å². The van der Waals surface area contributed by atoms with Crippen molar-refractivity contribution in [3.05, 3.63) is 49.1 Å². The van der Waals surface area contributed by atoms with Gasteiger partial charge in [-0.15, -0.1) is 0 Å². The van der Waals surface area contributed by atoms with E-state index in [9.17, 15) is 0 Å². The maximum absolute atomic E-state index is 6.02. The summed E-state index contributed by atoms with van der Waals surface area (Å²) in [6, 6.07) is 7.65. The lowest BCUT2D eigenvalue weighted by Crippen LogP contribution is -2.57. The Balaban J connectivity index is 1.70. The van der Waals surface area contributed by atoms with E-state index in [-0.39, 0.29) is 5.96 Å². The van der Waals surface area contributed by atoms with E-state index in [0.29, 0.717) is 13.2 Å². The molecule has 26 heavy (non-hydrogen) atoms. The van der Waals surface area contributed by atoms with E-state index in [1.807, 2.05) is 29.2 Å². The fourth-order valence-corrected chi connectivity index (χ4v) is 2.91. The highest BCUT2D eigenvalue weighted by molar-refractivity contribution is 6.05. The van der Waals surface area contributed by atoms with Crippen LogP contribution in [0.4, 0.5) is 11.4 Å². The summed E-state index contributed by atoms with van der Waals surface area (Å²) in [4.78, 5) is 21.5. The SMILES string of the molecule is NC1=NC(Nc2cccnc2)N(c2cccnc2)C(N2CCOCC2)=N1. The van der Waals surface area contributed by atoms with Crippen molar-refractivity contribution >= 4 is 23.3 Å². The fourth-order valence-electron chi connectivity index (χ4n) is 2.91. The molecule has 1 unspecified atom stereocenters. The minimum absolute atomic E-state index is 0.230. The molecule has 9 nitrogen and oxygen atoms in total. The summed E-state index contributed by atoms with van der Waals surface area (Å²) in [7, 11) is 0. The van der Waals surface area contributed by atoms with Gasteiger partial charge in [-0.25, -0.2) is 4.99 Å². The molecule has 0 saturated carbocycles. The van der Waals surface area contributed by atoms with Gasteiger partial charge in [0.2, 0.25) is 18.2 Å². The predicted octanol–water partition coefficient (Wildman–Crippen LogP) is 0.695. The number of aliphatic imine (C=N–C) groups is 2. The number of rotatable bonds is 3. The highest BCUT2D eigenvalue weighted by Crippen LogP contribution is 2.23. The summed E-state index contributed by atoms with van der Waals surface area (Å²) >= 11 is 0. The number of morpholine rings is 1. The van der Waals surface area contributed by atoms with E-state index >= 15 is 0 Å². The molecule has 9 heteroatoms. The first-order valence-corrected chi connectivity index (χ1v) is 8.42. The van der Waals surface area contributed by atoms with Crippen molar-refractivity contribution < 1.29 is 4.74 Å². The van der Waals surface area contributed by atoms with Crippen molar-refractivity contribution in [3.8, 4) is 0 Å². The molecule has 0 bridgehead atoms. The van der Waals surface area contributed by atoms with Crippen molar-refractivity contribution in [1.82, 2.24) is 14.9 Å². The molecule has 2 aliphatic rings. The number of nitrogens with one attached hydrogen (secondary N) is 1. The number of hydrogen-bond acceptors (Lipinski definition) is 9. The fraction of sp³-hybridized carbons (Fsp3) is 0.294. The van der Waals surface area contributed by atoms with Crippen molar-refractivity contribution in [2.45, 2.75) is 6.29 Å². The third-order valence-electron chi connectivity index (χ3n) is 4.10. The van der Waals surface area contributed by atoms with Gasteiger partial charge in [-0.3, -0.25) is 14.9 Å². The summed E-state index contributed by atoms with van der Waals surface area (Å²) < 4.78 is 5.47. The van der Waals surface area contributed by atoms with E-state index in [4.69, 9.17) is 10.5 Å². The molecule has 0 spiro atoms. The van der Waals surface area contributed by atoms with Gasteiger partial charge in [-0.2, -0.15) is 4.99 Å². The molecule has 2 aromatic rings. The van der Waals surface area contributed by atoms with Crippen molar-refractivity contribution in [2.24, 2.45) is 15.7 Å². The van der Waals surface area contributed by atoms with E-state index < -0.39 is 6.29 Å². The Kier molecular flexibility index (Phi) is 4.61. The van der Waals surface area contributed by atoms with Gasteiger partial charge in [0, 0.05) is 25.5 Å². The molecular formula is C17H20N8O. The van der Waals surface area contributed by atoms with Crippen molar-refractivity contribution in [1.29, 1.82) is 0 Å². The lowest BCUT2D eigenvalue weighted by Gasteiger charge is -2.40. The lowest BCUT2D eigenvalue weighted by molar-refractivity contribution is 0.0671. The number of ether oxygens (including phenoxy) is 1. The molecule has 0 aromatic carbocycles. The predicted molar refractivity (Wildman–Crippen MR) is 99.8 cm³/mol. The second kappa shape index (κ2) is 7.36. The van der Waals surface area contributed by atoms with Crippen LogP contribution < -0.4 is 16.0 Å². The summed E-state index contributed by atoms with van der Waals surface area (Å²) in [5.41, 5.74) is 7.73. The summed E-state index contributed by atoms with van der Waals surface area (Å²) in [6.07, 6.45) is 6.53. The van der Waals surface area contributed by atoms with Crippen molar-refractivity contribution in [2.75, 3.05) is 36.5 Å². The van der Waals surface area contributed by atoms with E-state index in [2.05, 4.69) is 30.2 Å². The van der Waals surface area contributed by atoms with Gasteiger partial charge in [0.15, 0.2) is 0 Å². The van der Waals surface area contributed by atoms with Gasteiger partial charge in [0.25, 0.3) is 0 Å². The van der Waals surface area contributed by atoms with Crippen LogP contribution in [-0.4, -0.2) is 59.4 Å². The van der Waals surface area contributed by atoms with Crippen LogP contribution in [0.25, 0.3) is 0 Å². The highest BCUT2D eigenvalue weighted by Gasteiger charge is 2.32. The number of nitrogens with zero attached hydrogens (tertiary/aromatic N) is 6. The molecule has 4 heterocycles. The molecular weight excluding hydrogens is 332 g/mol. The largest absolute Gasteiger partial charge is 0.378 e. The second-order valence-electron chi connectivity index (χ2n) is 5.84. The number of hydrogen-bond donors (Lipinski definition) is 2. The van der Waals surface area contributed by atoms with Crippen molar-refractivity contribution in [3.63, 3.8) is 0 Å². The monoisotopic (exact) mass is 352 g/mol. The van der Waals surface area contributed by atoms with E-state index in [1.165, 1.54) is 0 Å². The zero-order valence-corrected chi connectivity index (χ0v) is 14.2. The number of pyridine rings is 2. The molecule has 0 aliphatic carbocycles. The third kappa shape index (κ3) is 3.42. The van der Waals surface area contributed by atoms with Crippen LogP contribution in [-0.2, 0) is 4.74 Å². The first-order chi connectivity index (χ1) is 12.8. The van der Waals surface area contributed by atoms with Gasteiger partial charge >= 0.3 is 0 Å². The Morgan fingerprint density at radius 2 is 1.85 bits per heavy atom. The number of aromatic nitrogens is 2. The molecule has 2 aromatic heterocycles. The Morgan fingerprint density at radius 1 is 1.08 bits per heavy atom. The first-order valence-electron chi connectivity index (χ1n) is 8.42. The minimum Gasteiger partial charge on any atom is -0.378 e. The molecule has 4 rings (SSSR count). The number of guanidine groups is 2. The van der Waals surface area contributed by atoms with Gasteiger partial charge in [0.05, 0.1) is 37.0 Å². The van der Waals surface area contributed by atoms with Gasteiger partial charge in [-0.05, 0) is 24.3 Å². The molecule has 1 saturated heterocycles. The summed E-state index contributed by atoms with van der Waals surface area (Å²) in [5, 5.41) is 3.36. The Bertz CT molecular complexity index is 789. The molecule has 0 amide bonds. The minimum atomic E-state index is -0.459. The Hall–Kier alpha value is -3.20. The second-order valence-corrected chi connectivity index (χ2v) is 5.84. The van der Waals surface area contributed by atoms with E-state index in [1.54, 1.807) is 24.8 Å². The molecule has 1 fully saturated rings. The van der Waals surface area contributed by atoms with Crippen LogP contribution in [0.15, 0.2) is 59.0 Å². The number of nitrogens with two attached hydrogens (primary N) is 1. The Morgan fingerprint density at radius 3 is 2.54 bits per heavy atom. The topological polar surface area (TPSA) is 104 Å². The highest BCUT2D eigenvalue weighted by atomic mass is 16.5. The summed E-state index contributed by atoms with van der Waals surface area (Å²) in [6.45, 7) is 2.78. The van der Waals surface area contributed by atoms with E-state index in [0.717, 1.165) is 30.4 Å². The quantitative estimate of drug-likeness (QED) is 0.838. The van der Waals surface area contributed by atoms with Crippen LogP contribution in [0.5, 0.6) is 0 Å². The molecule has 1 atom stereocenters. The van der Waals surface area contributed by atoms with Gasteiger partial charge in [-0.1, -0.05) is 0 Å². The third-order valence-corrected chi connectivity index (χ3v) is 4.10. The van der Waals surface area contributed by atoms with Crippen LogP contribution >= 0.6 is 0 Å². The van der Waals surface area contributed by atoms with Gasteiger partial charge < -0.3 is 20.7 Å². The average Bonchev–Trinajstić information content (AvgIpc) is 2.70. The Labute approximate surface area is 151 Å². The molecule has 3 N–H and O–H groups in total. The smallest absolute Gasteiger partial charge is 0.222 e. The molecule has 134 valence electrons. The zero-order chi connectivity index (χ0) is 17.8. The van der Waals surface area contributed by atoms with Crippen LogP contribution in [0.1, 0.15) is 0 Å². The van der Waals surface area contributed by atoms with Crippen LogP contribution in [0.3, 0.4) is 0 Å². The normalized spacial score (nSPS) is 20.4.